The molecule has 0 amide bonds. The van der Waals surface area contributed by atoms with Gasteiger partial charge in [-0.3, -0.25) is 9.59 Å². The van der Waals surface area contributed by atoms with Crippen molar-refractivity contribution in [2.75, 3.05) is 0 Å². The maximum Gasteiger partial charge on any atom is 2.00 e. The van der Waals surface area contributed by atoms with Crippen molar-refractivity contribution in [3.05, 3.63) is 21.0 Å². The van der Waals surface area contributed by atoms with Gasteiger partial charge in [-0.05, 0) is 25.7 Å². The Balaban J connectivity index is -0.0000000586. The van der Waals surface area contributed by atoms with Crippen LogP contribution in [0.5, 0.6) is 0 Å². The number of halogens is 8. The van der Waals surface area contributed by atoms with Crippen LogP contribution in [-0.4, -0.2) is 22.2 Å². The molecule has 8 nitrogen and oxygen atoms in total. The van der Waals surface area contributed by atoms with Gasteiger partial charge < -0.3 is 31.2 Å². The summed E-state index contributed by atoms with van der Waals surface area (Å²) in [5, 5.41) is 17.2. The molecule has 2 atom stereocenters. The summed E-state index contributed by atoms with van der Waals surface area (Å²) < 4.78 is 0. The molecule has 0 aromatic rings. The van der Waals surface area contributed by atoms with Gasteiger partial charge >= 0.3 is 132 Å². The molecule has 0 rings (SSSR count). The van der Waals surface area contributed by atoms with Gasteiger partial charge in [0.05, 0.1) is 11.8 Å². The van der Waals surface area contributed by atoms with Gasteiger partial charge in [-0.15, -0.1) is 0 Å². The number of carbonyl (C=O) groups is 2. The summed E-state index contributed by atoms with van der Waals surface area (Å²) in [7, 11) is 40.1. The molecule has 2 N–H and O–H groups in total. The van der Waals surface area contributed by atoms with Crippen molar-refractivity contribution >= 4 is 86.4 Å². The molecule has 0 fully saturated rings. The third-order valence-corrected chi connectivity index (χ3v) is 3.50. The molecule has 0 heterocycles. The van der Waals surface area contributed by atoms with Crippen molar-refractivity contribution in [3.8, 4) is 0 Å². The van der Waals surface area contributed by atoms with Crippen LogP contribution in [0.15, 0.2) is 0 Å². The standard InChI is InChI=1S/2C8H16O2.8ClH.2NO.2Ti.W/c2*1-3-5-6-7(4-2)8(9)10;;;;;;;;;2*1-2;;;/h2*7H,3-6H2,1-2H3,(H,9,10);8*1H;;;;;/q;;;;;;;;;;2*-1;2*+4;+2/p-8. The molecule has 0 aliphatic rings. The average molecular weight is 912 g/mol. The van der Waals surface area contributed by atoms with E-state index in [0.717, 1.165) is 51.4 Å². The summed E-state index contributed by atoms with van der Waals surface area (Å²) in [6.45, 7) is 8.01. The van der Waals surface area contributed by atoms with Gasteiger partial charge in [0.25, 0.3) is 0 Å². The molecule has 0 aliphatic carbocycles. The number of hydrogen-bond donors (Lipinski definition) is 2. The Morgan fingerprint density at radius 2 is 0.800 bits per heavy atom. The van der Waals surface area contributed by atoms with Crippen molar-refractivity contribution < 1.29 is 65.6 Å². The Labute approximate surface area is 260 Å². The zero-order chi connectivity index (χ0) is 29.0. The van der Waals surface area contributed by atoms with E-state index >= 15 is 0 Å². The predicted molar refractivity (Wildman–Crippen MR) is 142 cm³/mol. The molecule has 19 heteroatoms. The minimum Gasteiger partial charge on any atom is -0.577 e. The van der Waals surface area contributed by atoms with Crippen LogP contribution in [0.25, 0.3) is 11.2 Å². The molecule has 2 unspecified atom stereocenters. The third-order valence-electron chi connectivity index (χ3n) is 3.50. The van der Waals surface area contributed by atoms with Crippen molar-refractivity contribution in [1.82, 2.24) is 0 Å². The predicted octanol–water partition coefficient (Wildman–Crippen LogP) is 10.7. The average Bonchev–Trinajstić information content (AvgIpc) is 2.70. The van der Waals surface area contributed by atoms with Crippen LogP contribution in [0.4, 0.5) is 0 Å². The largest absolute Gasteiger partial charge is 2.00 e. The van der Waals surface area contributed by atoms with Crippen molar-refractivity contribution in [2.45, 2.75) is 79.1 Å². The second-order valence-corrected chi connectivity index (χ2v) is 37.0. The Hall–Kier alpha value is 2.58. The van der Waals surface area contributed by atoms with Gasteiger partial charge in [0, 0.05) is 0 Å². The molecule has 0 bridgehead atoms. The van der Waals surface area contributed by atoms with E-state index in [1.807, 2.05) is 13.8 Å². The number of rotatable bonds is 10. The molecule has 35 heavy (non-hydrogen) atoms. The van der Waals surface area contributed by atoms with Crippen LogP contribution in [-0.2, 0) is 55.3 Å². The maximum absolute atomic E-state index is 10.4. The number of carboxylic acids is 2. The summed E-state index contributed by atoms with van der Waals surface area (Å²) in [6.07, 6.45) is 7.43. The Morgan fingerprint density at radius 3 is 0.886 bits per heavy atom. The number of carboxylic acid groups (broad SMARTS) is 2. The fourth-order valence-electron chi connectivity index (χ4n) is 1.91. The molecule has 0 saturated heterocycles. The molecule has 0 aliphatic heterocycles. The second-order valence-electron chi connectivity index (χ2n) is 6.03. The molecular formula is C16H32Cl8N2O6Ti2W. The fraction of sp³-hybridized carbons (Fsp3) is 0.875. The van der Waals surface area contributed by atoms with Crippen LogP contribution in [0, 0.1) is 21.6 Å². The van der Waals surface area contributed by atoms with Gasteiger partial charge in [0.2, 0.25) is 0 Å². The number of aliphatic carboxylic acids is 2. The van der Waals surface area contributed by atoms with E-state index in [1.54, 1.807) is 0 Å². The van der Waals surface area contributed by atoms with E-state index in [0.29, 0.717) is 0 Å². The molecule has 0 aromatic carbocycles. The molecule has 0 aromatic heterocycles. The fourth-order valence-corrected chi connectivity index (χ4v) is 1.91. The number of hydrogen-bond acceptors (Lipinski definition) is 4. The van der Waals surface area contributed by atoms with Gasteiger partial charge in [-0.2, -0.15) is 0 Å². The summed E-state index contributed by atoms with van der Waals surface area (Å²) >= 11 is -6.22. The van der Waals surface area contributed by atoms with Crippen LogP contribution < -0.4 is 0 Å². The van der Waals surface area contributed by atoms with Crippen molar-refractivity contribution in [2.24, 2.45) is 11.8 Å². The maximum atomic E-state index is 10.4. The van der Waals surface area contributed by atoms with Crippen molar-refractivity contribution in [3.63, 3.8) is 0 Å². The summed E-state index contributed by atoms with van der Waals surface area (Å²) in [4.78, 5) is 35.4. The molecule has 0 radical (unpaired) electrons. The van der Waals surface area contributed by atoms with Gasteiger partial charge in [-0.25, -0.2) is 0 Å². The smallest absolute Gasteiger partial charge is 0.577 e. The first kappa shape index (κ1) is 53.8. The molecule has 0 saturated carbocycles. The van der Waals surface area contributed by atoms with Crippen LogP contribution in [0.2, 0.25) is 0 Å². The van der Waals surface area contributed by atoms with E-state index in [9.17, 15) is 9.59 Å². The van der Waals surface area contributed by atoms with Gasteiger partial charge in [0.1, 0.15) is 0 Å². The van der Waals surface area contributed by atoms with E-state index < -0.39 is 36.6 Å². The van der Waals surface area contributed by atoms with Gasteiger partial charge in [-0.1, -0.05) is 53.4 Å². The van der Waals surface area contributed by atoms with Crippen LogP contribution in [0.1, 0.15) is 79.1 Å². The van der Waals surface area contributed by atoms with E-state index in [-0.39, 0.29) is 32.9 Å². The summed E-state index contributed by atoms with van der Waals surface area (Å²) in [5.41, 5.74) is 11.5. The second kappa shape index (κ2) is 38.7. The molecule has 212 valence electrons. The first-order valence-electron chi connectivity index (χ1n) is 9.77. The van der Waals surface area contributed by atoms with Gasteiger partial charge in [0.15, 0.2) is 0 Å². The number of nitroso groups, excluding NO2 is 2. The van der Waals surface area contributed by atoms with Crippen molar-refractivity contribution in [1.29, 1.82) is 0 Å². The summed E-state index contributed by atoms with van der Waals surface area (Å²) in [6, 6.07) is 0. The third kappa shape index (κ3) is 85.8. The Bertz CT molecular complexity index is 419. The van der Waals surface area contributed by atoms with Crippen LogP contribution in [0.3, 0.4) is 0 Å². The zero-order valence-corrected chi connectivity index (χ0v) is 31.8. The van der Waals surface area contributed by atoms with E-state index in [4.69, 9.17) is 106 Å². The topological polar surface area (TPSA) is 153 Å². The quantitative estimate of drug-likeness (QED) is 0.208. The SMILES string of the molecule is CCCCC(CC)C(=O)O.CCCCC(CC)C(=O)O.[Cl][Ti]([Cl])([Cl])[Cl].[Cl][Ti]([Cl])([Cl])[Cl].[N-]=O.[N-]=O.[W+2]. The first-order chi connectivity index (χ1) is 15.4. The molecule has 0 spiro atoms. The van der Waals surface area contributed by atoms with E-state index in [2.05, 4.69) is 13.8 Å². The Kier molecular flexibility index (Phi) is 59.5. The van der Waals surface area contributed by atoms with Crippen LogP contribution >= 0.6 is 74.4 Å². The molecular weight excluding hydrogens is 879 g/mol. The summed E-state index contributed by atoms with van der Waals surface area (Å²) in [5.74, 6) is -1.51. The van der Waals surface area contributed by atoms with E-state index in [1.165, 1.54) is 0 Å². The zero-order valence-electron chi connectivity index (χ0n) is 19.7. The number of unbranched alkanes of at least 4 members (excludes halogenated alkanes) is 2. The minimum atomic E-state index is -3.11. The first-order valence-corrected chi connectivity index (χ1v) is 27.0. The Morgan fingerprint density at radius 1 is 0.629 bits per heavy atom. The minimum absolute atomic E-state index is 0. The monoisotopic (exact) mass is 908 g/mol. The number of nitrogens with zero attached hydrogens (tertiary/aromatic N) is 2. The normalized spacial score (nSPS) is 11.1.